The molecule has 2 aromatic heterocycles. The van der Waals surface area contributed by atoms with Crippen molar-refractivity contribution < 1.29 is 27.9 Å². The average Bonchev–Trinajstić information content (AvgIpc) is 3.59. The maximum absolute atomic E-state index is 12.9. The molecule has 9 heteroatoms. The van der Waals surface area contributed by atoms with Crippen LogP contribution in [-0.2, 0) is 29.1 Å². The van der Waals surface area contributed by atoms with Crippen LogP contribution in [0.25, 0.3) is 11.4 Å². The number of benzene rings is 2. The maximum atomic E-state index is 12.9. The quantitative estimate of drug-likeness (QED) is 0.300. The molecule has 2 heterocycles. The van der Waals surface area contributed by atoms with Gasteiger partial charge in [0, 0.05) is 18.5 Å². The van der Waals surface area contributed by atoms with Crippen LogP contribution >= 0.6 is 0 Å². The van der Waals surface area contributed by atoms with Crippen LogP contribution < -0.4 is 9.47 Å². The van der Waals surface area contributed by atoms with Gasteiger partial charge in [0.05, 0.1) is 33.6 Å². The highest BCUT2D eigenvalue weighted by atomic mass is 16.5. The highest BCUT2D eigenvalue weighted by Crippen LogP contribution is 2.31. The van der Waals surface area contributed by atoms with E-state index in [1.807, 2.05) is 42.5 Å². The monoisotopic (exact) mass is 477 g/mol. The van der Waals surface area contributed by atoms with Crippen molar-refractivity contribution in [2.24, 2.45) is 0 Å². The largest absolute Gasteiger partial charge is 0.493 e. The smallest absolute Gasteiger partial charge is 0.249 e. The molecule has 0 saturated heterocycles. The van der Waals surface area contributed by atoms with Gasteiger partial charge in [-0.15, -0.1) is 0 Å². The number of carbonyl (C=O) groups is 1. The van der Waals surface area contributed by atoms with E-state index in [1.165, 1.54) is 0 Å². The predicted molar refractivity (Wildman–Crippen MR) is 127 cm³/mol. The van der Waals surface area contributed by atoms with E-state index in [0.29, 0.717) is 55.1 Å². The topological polar surface area (TPSA) is 100 Å². The second-order valence-corrected chi connectivity index (χ2v) is 7.70. The van der Waals surface area contributed by atoms with Gasteiger partial charge in [-0.3, -0.25) is 4.79 Å². The Labute approximate surface area is 203 Å². The Morgan fingerprint density at radius 1 is 1.00 bits per heavy atom. The summed E-state index contributed by atoms with van der Waals surface area (Å²) < 4.78 is 27.1. The van der Waals surface area contributed by atoms with Crippen molar-refractivity contribution in [2.45, 2.75) is 19.6 Å². The van der Waals surface area contributed by atoms with E-state index in [1.54, 1.807) is 43.6 Å². The van der Waals surface area contributed by atoms with Gasteiger partial charge in [-0.2, -0.15) is 4.98 Å². The molecule has 4 rings (SSSR count). The number of methoxy groups -OCH3 is 2. The Hall–Kier alpha value is -4.11. The lowest BCUT2D eigenvalue weighted by atomic mass is 10.2. The van der Waals surface area contributed by atoms with E-state index >= 15 is 0 Å². The van der Waals surface area contributed by atoms with Crippen LogP contribution in [0.2, 0.25) is 0 Å². The molecule has 0 N–H and O–H groups in total. The van der Waals surface area contributed by atoms with Gasteiger partial charge in [-0.25, -0.2) is 0 Å². The molecule has 182 valence electrons. The number of rotatable bonds is 12. The molecule has 0 saturated carbocycles. The summed E-state index contributed by atoms with van der Waals surface area (Å²) in [5.41, 5.74) is 1.74. The molecule has 9 nitrogen and oxygen atoms in total. The van der Waals surface area contributed by atoms with Crippen molar-refractivity contribution in [1.82, 2.24) is 15.0 Å². The van der Waals surface area contributed by atoms with Crippen LogP contribution in [0.4, 0.5) is 0 Å². The number of hydrogen-bond acceptors (Lipinski definition) is 8. The fraction of sp³-hybridized carbons (Fsp3) is 0.269. The zero-order chi connectivity index (χ0) is 24.5. The molecule has 0 unspecified atom stereocenters. The van der Waals surface area contributed by atoms with Gasteiger partial charge in [0.2, 0.25) is 17.6 Å². The van der Waals surface area contributed by atoms with Crippen LogP contribution in [0.15, 0.2) is 75.9 Å². The lowest BCUT2D eigenvalue weighted by molar-refractivity contribution is -0.137. The third-order valence-electron chi connectivity index (χ3n) is 5.32. The molecule has 0 aliphatic rings. The highest BCUT2D eigenvalue weighted by molar-refractivity contribution is 5.77. The third-order valence-corrected chi connectivity index (χ3v) is 5.32. The number of amides is 1. The average molecular weight is 478 g/mol. The van der Waals surface area contributed by atoms with Crippen LogP contribution in [0.1, 0.15) is 17.2 Å². The first-order valence-electron chi connectivity index (χ1n) is 11.1. The second-order valence-electron chi connectivity index (χ2n) is 7.70. The molecule has 1 amide bonds. The maximum Gasteiger partial charge on any atom is 0.249 e. The van der Waals surface area contributed by atoms with Crippen LogP contribution in [0.5, 0.6) is 11.5 Å². The minimum Gasteiger partial charge on any atom is -0.493 e. The van der Waals surface area contributed by atoms with Gasteiger partial charge < -0.3 is 28.1 Å². The zero-order valence-corrected chi connectivity index (χ0v) is 19.7. The summed E-state index contributed by atoms with van der Waals surface area (Å²) in [6, 6.07) is 18.7. The van der Waals surface area contributed by atoms with Crippen molar-refractivity contribution in [3.8, 4) is 22.9 Å². The zero-order valence-electron chi connectivity index (χ0n) is 19.7. The molecule has 0 aliphatic carbocycles. The predicted octanol–water partition coefficient (Wildman–Crippen LogP) is 4.13. The number of hydrogen-bond donors (Lipinski definition) is 0. The lowest BCUT2D eigenvalue weighted by Gasteiger charge is -2.21. The molecule has 0 atom stereocenters. The molecule has 2 aromatic carbocycles. The molecule has 35 heavy (non-hydrogen) atoms. The summed E-state index contributed by atoms with van der Waals surface area (Å²) in [5.74, 6) is 2.55. The molecule has 0 fully saturated rings. The summed E-state index contributed by atoms with van der Waals surface area (Å²) in [4.78, 5) is 19.0. The first-order valence-corrected chi connectivity index (χ1v) is 11.1. The van der Waals surface area contributed by atoms with Crippen molar-refractivity contribution in [3.05, 3.63) is 84.1 Å². The number of furan rings is 1. The van der Waals surface area contributed by atoms with Crippen LogP contribution in [-0.4, -0.2) is 48.3 Å². The summed E-state index contributed by atoms with van der Waals surface area (Å²) in [7, 11) is 3.14. The Balaban J connectivity index is 1.38. The molecule has 4 aromatic rings. The summed E-state index contributed by atoms with van der Waals surface area (Å²) in [6.07, 6.45) is 1.96. The van der Waals surface area contributed by atoms with Gasteiger partial charge in [0.15, 0.2) is 11.5 Å². The fourth-order valence-electron chi connectivity index (χ4n) is 3.48. The van der Waals surface area contributed by atoms with Gasteiger partial charge in [-0.1, -0.05) is 35.5 Å². The van der Waals surface area contributed by atoms with E-state index in [2.05, 4.69) is 10.1 Å². The molecular formula is C26H27N3O6. The number of ether oxygens (including phenoxy) is 3. The van der Waals surface area contributed by atoms with E-state index in [9.17, 15) is 4.79 Å². The van der Waals surface area contributed by atoms with E-state index in [4.69, 9.17) is 23.2 Å². The molecule has 0 radical (unpaired) electrons. The van der Waals surface area contributed by atoms with Gasteiger partial charge in [0.25, 0.3) is 0 Å². The highest BCUT2D eigenvalue weighted by Gasteiger charge is 2.18. The summed E-state index contributed by atoms with van der Waals surface area (Å²) >= 11 is 0. The first-order chi connectivity index (χ1) is 17.2. The minimum absolute atomic E-state index is 0.0453. The Kier molecular flexibility index (Phi) is 8.13. The van der Waals surface area contributed by atoms with Crippen LogP contribution in [0.3, 0.4) is 0 Å². The standard InChI is InChI=1S/C26H27N3O6/c1-31-22-11-10-20(15-23(22)32-2)26-27-24(35-28-26)12-13-29(16-21-9-6-14-34-21)25(30)18-33-17-19-7-4-3-5-8-19/h3-11,14-15H,12-13,16-18H2,1-2H3. The van der Waals surface area contributed by atoms with Gasteiger partial charge in [-0.05, 0) is 35.9 Å². The second kappa shape index (κ2) is 11.8. The van der Waals surface area contributed by atoms with Crippen LogP contribution in [0, 0.1) is 0 Å². The van der Waals surface area contributed by atoms with Gasteiger partial charge in [0.1, 0.15) is 12.4 Å². The van der Waals surface area contributed by atoms with E-state index in [-0.39, 0.29) is 12.5 Å². The van der Waals surface area contributed by atoms with Crippen molar-refractivity contribution >= 4 is 5.91 Å². The number of carbonyl (C=O) groups excluding carboxylic acids is 1. The molecular weight excluding hydrogens is 450 g/mol. The SMILES string of the molecule is COc1ccc(-c2noc(CCN(Cc3ccco3)C(=O)COCc3ccccc3)n2)cc1OC. The third kappa shape index (κ3) is 6.48. The summed E-state index contributed by atoms with van der Waals surface area (Å²) in [6.45, 7) is 0.995. The van der Waals surface area contributed by atoms with Gasteiger partial charge >= 0.3 is 0 Å². The Morgan fingerprint density at radius 3 is 2.57 bits per heavy atom. The number of nitrogens with zero attached hydrogens (tertiary/aromatic N) is 3. The van der Waals surface area contributed by atoms with Crippen molar-refractivity contribution in [1.29, 1.82) is 0 Å². The fourth-order valence-corrected chi connectivity index (χ4v) is 3.48. The molecule has 0 spiro atoms. The number of aromatic nitrogens is 2. The first kappa shape index (κ1) is 24.0. The van der Waals surface area contributed by atoms with Crippen molar-refractivity contribution in [3.63, 3.8) is 0 Å². The van der Waals surface area contributed by atoms with E-state index in [0.717, 1.165) is 11.1 Å². The minimum atomic E-state index is -0.156. The molecule has 0 aliphatic heterocycles. The van der Waals surface area contributed by atoms with E-state index < -0.39 is 0 Å². The Bertz CT molecular complexity index is 1210. The lowest BCUT2D eigenvalue weighted by Crippen LogP contribution is -2.35. The molecule has 0 bridgehead atoms. The Morgan fingerprint density at radius 2 is 1.83 bits per heavy atom. The summed E-state index contributed by atoms with van der Waals surface area (Å²) in [5, 5.41) is 4.07. The van der Waals surface area contributed by atoms with Crippen molar-refractivity contribution in [2.75, 3.05) is 27.4 Å². The normalized spacial score (nSPS) is 10.8.